The molecule has 0 saturated carbocycles. The molecule has 126 valence electrons. The molecule has 0 atom stereocenters. The molecule has 0 bridgehead atoms. The van der Waals surface area contributed by atoms with E-state index in [2.05, 4.69) is 30.2 Å². The molecular formula is C18H19N7. The van der Waals surface area contributed by atoms with Crippen LogP contribution in [0.15, 0.2) is 47.6 Å². The summed E-state index contributed by atoms with van der Waals surface area (Å²) in [5.74, 6) is 1.29. The number of guanidine groups is 1. The summed E-state index contributed by atoms with van der Waals surface area (Å²) in [5, 5.41) is 3.06. The normalized spacial score (nSPS) is 11.4. The number of benzene rings is 1. The van der Waals surface area contributed by atoms with Crippen LogP contribution in [-0.2, 0) is 0 Å². The molecule has 2 heterocycles. The zero-order valence-electron chi connectivity index (χ0n) is 14.4. The topological polar surface area (TPSA) is 102 Å². The van der Waals surface area contributed by atoms with E-state index >= 15 is 0 Å². The van der Waals surface area contributed by atoms with Gasteiger partial charge in [0.25, 0.3) is 5.95 Å². The lowest BCUT2D eigenvalue weighted by molar-refractivity contribution is 1.04. The van der Waals surface area contributed by atoms with Crippen LogP contribution in [-0.4, -0.2) is 25.9 Å². The smallest absolute Gasteiger partial charge is 0.253 e. The second kappa shape index (κ2) is 7.04. The average Bonchev–Trinajstić information content (AvgIpc) is 2.54. The van der Waals surface area contributed by atoms with Crippen LogP contribution >= 0.6 is 0 Å². The van der Waals surface area contributed by atoms with E-state index in [9.17, 15) is 0 Å². The van der Waals surface area contributed by atoms with Crippen molar-refractivity contribution in [2.75, 3.05) is 5.32 Å². The Hall–Kier alpha value is -3.35. The third kappa shape index (κ3) is 4.35. The summed E-state index contributed by atoms with van der Waals surface area (Å²) in [4.78, 5) is 21.3. The maximum absolute atomic E-state index is 5.98. The Morgan fingerprint density at radius 3 is 2.48 bits per heavy atom. The van der Waals surface area contributed by atoms with Gasteiger partial charge in [0.2, 0.25) is 5.96 Å². The second-order valence-electron chi connectivity index (χ2n) is 5.64. The molecular weight excluding hydrogens is 314 g/mol. The van der Waals surface area contributed by atoms with Crippen molar-refractivity contribution in [1.29, 1.82) is 0 Å². The van der Waals surface area contributed by atoms with Crippen molar-refractivity contribution in [3.05, 3.63) is 59.8 Å². The highest BCUT2D eigenvalue weighted by atomic mass is 15.2. The summed E-state index contributed by atoms with van der Waals surface area (Å²) >= 11 is 0. The van der Waals surface area contributed by atoms with Crippen LogP contribution < -0.4 is 11.1 Å². The molecule has 0 aliphatic heterocycles. The molecule has 7 heteroatoms. The highest BCUT2D eigenvalue weighted by Crippen LogP contribution is 2.20. The predicted octanol–water partition coefficient (Wildman–Crippen LogP) is 2.92. The number of anilines is 1. The Bertz CT molecular complexity index is 914. The zero-order valence-corrected chi connectivity index (χ0v) is 14.4. The van der Waals surface area contributed by atoms with Gasteiger partial charge >= 0.3 is 0 Å². The Kier molecular flexibility index (Phi) is 4.65. The van der Waals surface area contributed by atoms with E-state index in [-0.39, 0.29) is 5.96 Å². The molecule has 0 fully saturated rings. The van der Waals surface area contributed by atoms with Gasteiger partial charge in [-0.15, -0.1) is 0 Å². The summed E-state index contributed by atoms with van der Waals surface area (Å²) in [5.41, 5.74) is 10.3. The van der Waals surface area contributed by atoms with Crippen molar-refractivity contribution in [1.82, 2.24) is 19.9 Å². The number of nitrogens with zero attached hydrogens (tertiary/aromatic N) is 5. The van der Waals surface area contributed by atoms with Crippen LogP contribution in [0.3, 0.4) is 0 Å². The van der Waals surface area contributed by atoms with Gasteiger partial charge in [0.1, 0.15) is 5.82 Å². The van der Waals surface area contributed by atoms with Gasteiger partial charge in [-0.1, -0.05) is 12.1 Å². The summed E-state index contributed by atoms with van der Waals surface area (Å²) in [6.45, 7) is 5.65. The van der Waals surface area contributed by atoms with Crippen molar-refractivity contribution in [3.8, 4) is 11.3 Å². The van der Waals surface area contributed by atoms with Crippen LogP contribution in [0.2, 0.25) is 0 Å². The van der Waals surface area contributed by atoms with Crippen LogP contribution in [0, 0.1) is 20.8 Å². The number of nitrogens with one attached hydrogen (secondary N) is 1. The molecule has 3 N–H and O–H groups in total. The van der Waals surface area contributed by atoms with Crippen molar-refractivity contribution < 1.29 is 0 Å². The third-order valence-corrected chi connectivity index (χ3v) is 3.40. The lowest BCUT2D eigenvalue weighted by atomic mass is 10.1. The van der Waals surface area contributed by atoms with Crippen LogP contribution in [0.5, 0.6) is 0 Å². The fourth-order valence-electron chi connectivity index (χ4n) is 2.41. The van der Waals surface area contributed by atoms with Crippen LogP contribution in [0.1, 0.15) is 17.2 Å². The first kappa shape index (κ1) is 16.5. The zero-order chi connectivity index (χ0) is 17.8. The van der Waals surface area contributed by atoms with E-state index in [0.29, 0.717) is 5.95 Å². The van der Waals surface area contributed by atoms with Crippen molar-refractivity contribution >= 4 is 17.6 Å². The molecule has 0 aliphatic rings. The van der Waals surface area contributed by atoms with Crippen LogP contribution in [0.25, 0.3) is 11.3 Å². The van der Waals surface area contributed by atoms with Crippen LogP contribution in [0.4, 0.5) is 11.6 Å². The number of hydrogen-bond acceptors (Lipinski definition) is 5. The number of aliphatic imine (C=N–C) groups is 1. The molecule has 0 spiro atoms. The lowest BCUT2D eigenvalue weighted by Gasteiger charge is -2.08. The Morgan fingerprint density at radius 1 is 1.00 bits per heavy atom. The fraction of sp³-hybridized carbons (Fsp3) is 0.167. The standard InChI is InChI=1S/C18H19N7/c1-11-9-12(2)22-18(21-11)25-17(19)24-15-6-4-5-14(10-15)16-7-8-20-13(3)23-16/h4-10H,1-3H3,(H3,19,21,22,24,25). The minimum Gasteiger partial charge on any atom is -0.369 e. The van der Waals surface area contributed by atoms with E-state index in [1.807, 2.05) is 57.2 Å². The summed E-state index contributed by atoms with van der Waals surface area (Å²) in [6.07, 6.45) is 1.74. The average molecular weight is 333 g/mol. The minimum absolute atomic E-state index is 0.223. The summed E-state index contributed by atoms with van der Waals surface area (Å²) in [7, 11) is 0. The summed E-state index contributed by atoms with van der Waals surface area (Å²) < 4.78 is 0. The van der Waals surface area contributed by atoms with Gasteiger partial charge in [-0.2, -0.15) is 4.99 Å². The van der Waals surface area contributed by atoms with Crippen molar-refractivity contribution in [3.63, 3.8) is 0 Å². The number of nitrogens with two attached hydrogens (primary N) is 1. The Morgan fingerprint density at radius 2 is 1.76 bits per heavy atom. The minimum atomic E-state index is 0.223. The maximum Gasteiger partial charge on any atom is 0.253 e. The van der Waals surface area contributed by atoms with Gasteiger partial charge in [-0.25, -0.2) is 19.9 Å². The number of rotatable bonds is 3. The van der Waals surface area contributed by atoms with E-state index in [1.165, 1.54) is 0 Å². The number of aromatic nitrogens is 4. The van der Waals surface area contributed by atoms with Gasteiger partial charge in [0.05, 0.1) is 5.69 Å². The van der Waals surface area contributed by atoms with E-state index < -0.39 is 0 Å². The van der Waals surface area contributed by atoms with Gasteiger partial charge in [-0.3, -0.25) is 0 Å². The molecule has 0 amide bonds. The molecule has 2 aromatic heterocycles. The van der Waals surface area contributed by atoms with E-state index in [1.54, 1.807) is 6.20 Å². The lowest BCUT2D eigenvalue weighted by Crippen LogP contribution is -2.22. The van der Waals surface area contributed by atoms with E-state index in [4.69, 9.17) is 5.73 Å². The number of aryl methyl sites for hydroxylation is 3. The van der Waals surface area contributed by atoms with E-state index in [0.717, 1.165) is 34.2 Å². The first-order valence-corrected chi connectivity index (χ1v) is 7.83. The van der Waals surface area contributed by atoms with Gasteiger partial charge in [0.15, 0.2) is 0 Å². The molecule has 0 radical (unpaired) electrons. The highest BCUT2D eigenvalue weighted by Gasteiger charge is 2.04. The molecule has 3 rings (SSSR count). The molecule has 3 aromatic rings. The first-order chi connectivity index (χ1) is 12.0. The molecule has 0 aliphatic carbocycles. The van der Waals surface area contributed by atoms with Crippen molar-refractivity contribution in [2.45, 2.75) is 20.8 Å². The van der Waals surface area contributed by atoms with Gasteiger partial charge in [0, 0.05) is 28.8 Å². The molecule has 7 nitrogen and oxygen atoms in total. The predicted molar refractivity (Wildman–Crippen MR) is 98.6 cm³/mol. The van der Waals surface area contributed by atoms with Gasteiger partial charge < -0.3 is 11.1 Å². The highest BCUT2D eigenvalue weighted by molar-refractivity contribution is 5.94. The SMILES string of the molecule is Cc1cc(C)nc(/N=C(/N)Nc2cccc(-c3ccnc(C)n3)c2)n1. The molecule has 0 unspecified atom stereocenters. The van der Waals surface area contributed by atoms with Gasteiger partial charge in [-0.05, 0) is 45.0 Å². The molecule has 1 aromatic carbocycles. The van der Waals surface area contributed by atoms with Crippen molar-refractivity contribution in [2.24, 2.45) is 10.7 Å². The monoisotopic (exact) mass is 333 g/mol. The Labute approximate surface area is 146 Å². The molecule has 25 heavy (non-hydrogen) atoms. The number of hydrogen-bond donors (Lipinski definition) is 2. The fourth-order valence-corrected chi connectivity index (χ4v) is 2.41. The quantitative estimate of drug-likeness (QED) is 0.564. The largest absolute Gasteiger partial charge is 0.369 e. The Balaban J connectivity index is 1.83. The third-order valence-electron chi connectivity index (χ3n) is 3.40. The maximum atomic E-state index is 5.98. The second-order valence-corrected chi connectivity index (χ2v) is 5.64. The first-order valence-electron chi connectivity index (χ1n) is 7.83. The summed E-state index contributed by atoms with van der Waals surface area (Å²) in [6, 6.07) is 11.5. The molecule has 0 saturated heterocycles.